The summed E-state index contributed by atoms with van der Waals surface area (Å²) in [6.07, 6.45) is 0.0322. The van der Waals surface area contributed by atoms with Gasteiger partial charge in [0.25, 0.3) is 0 Å². The highest BCUT2D eigenvalue weighted by atomic mass is 16.5. The maximum Gasteiger partial charge on any atom is 0.191 e. The van der Waals surface area contributed by atoms with Gasteiger partial charge in [-0.15, -0.1) is 0 Å². The summed E-state index contributed by atoms with van der Waals surface area (Å²) in [5, 5.41) is 6.71. The quantitative estimate of drug-likeness (QED) is 0.518. The number of guanidine groups is 1. The fraction of sp³-hybridized carbons (Fsp3) is 0.458. The maximum absolute atomic E-state index is 5.97. The number of aliphatic imine (C=N–C) groups is 1. The van der Waals surface area contributed by atoms with E-state index in [1.165, 1.54) is 16.7 Å². The summed E-state index contributed by atoms with van der Waals surface area (Å²) < 4.78 is 11.4. The van der Waals surface area contributed by atoms with Gasteiger partial charge >= 0.3 is 0 Å². The van der Waals surface area contributed by atoms with E-state index < -0.39 is 0 Å². The molecule has 162 valence electrons. The van der Waals surface area contributed by atoms with Crippen LogP contribution in [0, 0.1) is 6.92 Å². The molecule has 1 atom stereocenters. The summed E-state index contributed by atoms with van der Waals surface area (Å²) >= 11 is 0. The van der Waals surface area contributed by atoms with Gasteiger partial charge < -0.3 is 20.1 Å². The summed E-state index contributed by atoms with van der Waals surface area (Å²) in [7, 11) is 1.78. The number of nitrogens with zero attached hydrogens (tertiary/aromatic N) is 2. The van der Waals surface area contributed by atoms with Crippen LogP contribution < -0.4 is 15.4 Å². The van der Waals surface area contributed by atoms with E-state index in [4.69, 9.17) is 9.47 Å². The lowest BCUT2D eigenvalue weighted by Crippen LogP contribution is -2.41. The first-order valence-electron chi connectivity index (χ1n) is 10.7. The molecule has 6 nitrogen and oxygen atoms in total. The molecular formula is C24H34N4O2. The Kier molecular flexibility index (Phi) is 8.53. The van der Waals surface area contributed by atoms with Crippen molar-refractivity contribution in [3.63, 3.8) is 0 Å². The molecule has 2 N–H and O–H groups in total. The molecule has 0 amide bonds. The van der Waals surface area contributed by atoms with Crippen molar-refractivity contribution in [2.24, 2.45) is 4.99 Å². The molecule has 0 radical (unpaired) electrons. The third-order valence-electron chi connectivity index (χ3n) is 5.10. The van der Waals surface area contributed by atoms with Crippen LogP contribution in [0.3, 0.4) is 0 Å². The van der Waals surface area contributed by atoms with E-state index in [2.05, 4.69) is 64.7 Å². The normalized spacial score (nSPS) is 16.2. The molecule has 1 aliphatic rings. The fourth-order valence-corrected chi connectivity index (χ4v) is 3.39. The Morgan fingerprint density at radius 3 is 2.53 bits per heavy atom. The molecule has 0 spiro atoms. The van der Waals surface area contributed by atoms with E-state index in [9.17, 15) is 0 Å². The number of morpholine rings is 1. The van der Waals surface area contributed by atoms with Gasteiger partial charge in [0.15, 0.2) is 5.96 Å². The molecule has 1 aliphatic heterocycles. The van der Waals surface area contributed by atoms with Crippen LogP contribution in [0.25, 0.3) is 0 Å². The Bertz CT molecular complexity index is 801. The molecule has 1 heterocycles. The van der Waals surface area contributed by atoms with Crippen molar-refractivity contribution in [3.05, 3.63) is 65.2 Å². The van der Waals surface area contributed by atoms with Crippen molar-refractivity contribution in [1.82, 2.24) is 15.5 Å². The minimum absolute atomic E-state index is 0.0322. The van der Waals surface area contributed by atoms with Crippen molar-refractivity contribution in [3.8, 4) is 5.75 Å². The zero-order valence-corrected chi connectivity index (χ0v) is 18.4. The summed E-state index contributed by atoms with van der Waals surface area (Å²) in [6.45, 7) is 10.2. The van der Waals surface area contributed by atoms with Crippen molar-refractivity contribution in [1.29, 1.82) is 0 Å². The van der Waals surface area contributed by atoms with E-state index in [0.29, 0.717) is 6.54 Å². The molecule has 30 heavy (non-hydrogen) atoms. The van der Waals surface area contributed by atoms with Crippen LogP contribution >= 0.6 is 0 Å². The van der Waals surface area contributed by atoms with E-state index in [1.807, 2.05) is 18.2 Å². The highest BCUT2D eigenvalue weighted by Crippen LogP contribution is 2.14. The van der Waals surface area contributed by atoms with E-state index >= 15 is 0 Å². The molecule has 0 bridgehead atoms. The van der Waals surface area contributed by atoms with E-state index in [-0.39, 0.29) is 6.10 Å². The molecule has 2 aromatic carbocycles. The second kappa shape index (κ2) is 11.6. The highest BCUT2D eigenvalue weighted by Gasteiger charge is 2.10. The zero-order valence-electron chi connectivity index (χ0n) is 18.4. The molecule has 3 rings (SSSR count). The van der Waals surface area contributed by atoms with E-state index in [0.717, 1.165) is 51.1 Å². The lowest BCUT2D eigenvalue weighted by Gasteiger charge is -2.26. The minimum atomic E-state index is 0.0322. The number of nitrogens with one attached hydrogen (secondary N) is 2. The summed E-state index contributed by atoms with van der Waals surface area (Å²) in [5.41, 5.74) is 3.76. The molecule has 1 fully saturated rings. The molecule has 2 aromatic rings. The smallest absolute Gasteiger partial charge is 0.191 e. The fourth-order valence-electron chi connectivity index (χ4n) is 3.39. The van der Waals surface area contributed by atoms with Crippen molar-refractivity contribution in [2.45, 2.75) is 33.0 Å². The highest BCUT2D eigenvalue weighted by molar-refractivity contribution is 5.79. The van der Waals surface area contributed by atoms with Gasteiger partial charge in [-0.1, -0.05) is 36.4 Å². The van der Waals surface area contributed by atoms with Gasteiger partial charge in [-0.05, 0) is 42.7 Å². The number of hydrogen-bond donors (Lipinski definition) is 2. The van der Waals surface area contributed by atoms with Crippen LogP contribution in [0.2, 0.25) is 0 Å². The van der Waals surface area contributed by atoms with Gasteiger partial charge in [-0.25, -0.2) is 0 Å². The van der Waals surface area contributed by atoms with Crippen molar-refractivity contribution < 1.29 is 9.47 Å². The molecule has 0 aliphatic carbocycles. The zero-order chi connectivity index (χ0) is 21.2. The van der Waals surface area contributed by atoms with Crippen molar-refractivity contribution >= 4 is 5.96 Å². The number of aryl methyl sites for hydroxylation is 1. The number of hydrogen-bond acceptors (Lipinski definition) is 4. The minimum Gasteiger partial charge on any atom is -0.489 e. The Labute approximate surface area is 180 Å². The summed E-state index contributed by atoms with van der Waals surface area (Å²) in [6, 6.07) is 16.9. The van der Waals surface area contributed by atoms with Crippen LogP contribution in [0.5, 0.6) is 5.75 Å². The monoisotopic (exact) mass is 410 g/mol. The van der Waals surface area contributed by atoms with Gasteiger partial charge in [0.1, 0.15) is 11.9 Å². The third-order valence-corrected chi connectivity index (χ3v) is 5.10. The van der Waals surface area contributed by atoms with Gasteiger partial charge in [-0.3, -0.25) is 9.89 Å². The second-order valence-corrected chi connectivity index (χ2v) is 7.76. The second-order valence-electron chi connectivity index (χ2n) is 7.76. The number of rotatable bonds is 8. The topological polar surface area (TPSA) is 58.1 Å². The van der Waals surface area contributed by atoms with Crippen LogP contribution in [-0.2, 0) is 17.8 Å². The Morgan fingerprint density at radius 1 is 1.10 bits per heavy atom. The average Bonchev–Trinajstić information content (AvgIpc) is 2.76. The molecule has 6 heteroatoms. The first-order valence-corrected chi connectivity index (χ1v) is 10.7. The van der Waals surface area contributed by atoms with Crippen LogP contribution in [0.4, 0.5) is 0 Å². The predicted octanol–water partition coefficient (Wildman–Crippen LogP) is 2.96. The van der Waals surface area contributed by atoms with Crippen LogP contribution in [-0.4, -0.2) is 56.9 Å². The Hall–Kier alpha value is -2.57. The average molecular weight is 411 g/mol. The third kappa shape index (κ3) is 7.35. The van der Waals surface area contributed by atoms with Crippen LogP contribution in [0.15, 0.2) is 53.5 Å². The number of benzene rings is 2. The van der Waals surface area contributed by atoms with Gasteiger partial charge in [-0.2, -0.15) is 0 Å². The van der Waals surface area contributed by atoms with Gasteiger partial charge in [0.2, 0.25) is 0 Å². The maximum atomic E-state index is 5.97. The Balaban J connectivity index is 1.40. The standard InChI is InChI=1S/C24H34N4O2/c1-19-5-4-6-23(15-19)30-20(2)16-26-24(25-3)27-17-21-7-9-22(10-8-21)18-28-11-13-29-14-12-28/h4-10,15,20H,11-14,16-18H2,1-3H3,(H2,25,26,27). The van der Waals surface area contributed by atoms with Crippen LogP contribution in [0.1, 0.15) is 23.6 Å². The largest absolute Gasteiger partial charge is 0.489 e. The van der Waals surface area contributed by atoms with Crippen molar-refractivity contribution in [2.75, 3.05) is 39.9 Å². The molecule has 0 aromatic heterocycles. The summed E-state index contributed by atoms with van der Waals surface area (Å²) in [4.78, 5) is 6.74. The molecule has 1 saturated heterocycles. The lowest BCUT2D eigenvalue weighted by molar-refractivity contribution is 0.0342. The van der Waals surface area contributed by atoms with Gasteiger partial charge in [0, 0.05) is 33.2 Å². The molecule has 1 unspecified atom stereocenters. The summed E-state index contributed by atoms with van der Waals surface area (Å²) in [5.74, 6) is 1.66. The SMILES string of the molecule is CN=C(NCc1ccc(CN2CCOCC2)cc1)NCC(C)Oc1cccc(C)c1. The first-order chi connectivity index (χ1) is 14.6. The molecular weight excluding hydrogens is 376 g/mol. The van der Waals surface area contributed by atoms with E-state index in [1.54, 1.807) is 7.05 Å². The van der Waals surface area contributed by atoms with Gasteiger partial charge in [0.05, 0.1) is 19.8 Å². The first kappa shape index (κ1) is 22.1. The number of ether oxygens (including phenoxy) is 2. The lowest BCUT2D eigenvalue weighted by atomic mass is 10.1. The Morgan fingerprint density at radius 2 is 1.83 bits per heavy atom. The molecule has 0 saturated carbocycles. The predicted molar refractivity (Wildman–Crippen MR) is 122 cm³/mol.